The highest BCUT2D eigenvalue weighted by Gasteiger charge is 2.10. The Kier molecular flexibility index (Phi) is 4.52. The third kappa shape index (κ3) is 3.30. The number of rotatable bonds is 3. The van der Waals surface area contributed by atoms with E-state index in [-0.39, 0.29) is 0 Å². The average molecular weight is 362 g/mol. The fourth-order valence-corrected chi connectivity index (χ4v) is 2.56. The molecular weight excluding hydrogens is 351 g/mol. The first-order chi connectivity index (χ1) is 9.01. The van der Waals surface area contributed by atoms with Crippen molar-refractivity contribution in [2.24, 2.45) is 5.84 Å². The second-order valence-electron chi connectivity index (χ2n) is 3.90. The van der Waals surface area contributed by atoms with Crippen molar-refractivity contribution in [1.82, 2.24) is 4.98 Å². The molecule has 0 saturated carbocycles. The summed E-state index contributed by atoms with van der Waals surface area (Å²) in [5.41, 5.74) is 4.42. The van der Waals surface area contributed by atoms with Gasteiger partial charge in [0.1, 0.15) is 0 Å². The first-order valence-corrected chi connectivity index (χ1v) is 6.92. The van der Waals surface area contributed by atoms with Crippen LogP contribution < -0.4 is 16.6 Å². The van der Waals surface area contributed by atoms with E-state index < -0.39 is 0 Å². The lowest BCUT2D eigenvalue weighted by atomic mass is 10.2. The monoisotopic (exact) mass is 360 g/mol. The minimum absolute atomic E-state index is 0.358. The van der Waals surface area contributed by atoms with Gasteiger partial charge in [-0.05, 0) is 46.6 Å². The summed E-state index contributed by atoms with van der Waals surface area (Å²) < 4.78 is 0.919. The number of anilines is 3. The van der Waals surface area contributed by atoms with Gasteiger partial charge in [-0.15, -0.1) is 0 Å². The van der Waals surface area contributed by atoms with E-state index in [1.54, 1.807) is 6.07 Å². The molecule has 0 saturated heterocycles. The van der Waals surface area contributed by atoms with Gasteiger partial charge < -0.3 is 10.7 Å². The van der Waals surface area contributed by atoms with Crippen molar-refractivity contribution in [3.05, 3.63) is 44.3 Å². The minimum atomic E-state index is 0.358. The molecule has 4 nitrogen and oxygen atoms in total. The summed E-state index contributed by atoms with van der Waals surface area (Å²) in [7, 11) is 0. The maximum Gasteiger partial charge on any atom is 0.161 e. The van der Waals surface area contributed by atoms with Crippen LogP contribution in [0.15, 0.2) is 28.7 Å². The van der Waals surface area contributed by atoms with Gasteiger partial charge in [-0.2, -0.15) is 0 Å². The number of hydrazine groups is 1. The molecule has 100 valence electrons. The zero-order valence-corrected chi connectivity index (χ0v) is 13.1. The number of pyridine rings is 1. The molecule has 0 aliphatic carbocycles. The van der Waals surface area contributed by atoms with Gasteiger partial charge in [-0.25, -0.2) is 10.8 Å². The van der Waals surface area contributed by atoms with Crippen LogP contribution in [-0.2, 0) is 0 Å². The third-order valence-corrected chi connectivity index (χ3v) is 3.68. The Bertz CT molecular complexity index is 619. The number of nitrogen functional groups attached to an aromatic ring is 1. The predicted molar refractivity (Wildman–Crippen MR) is 84.2 cm³/mol. The number of halogens is 3. The van der Waals surface area contributed by atoms with Crippen molar-refractivity contribution >= 4 is 56.5 Å². The van der Waals surface area contributed by atoms with Gasteiger partial charge in [-0.1, -0.05) is 29.3 Å². The maximum atomic E-state index is 6.10. The van der Waals surface area contributed by atoms with Crippen molar-refractivity contribution in [2.45, 2.75) is 6.92 Å². The molecule has 0 radical (unpaired) electrons. The Balaban J connectivity index is 2.37. The van der Waals surface area contributed by atoms with E-state index in [2.05, 4.69) is 31.7 Å². The van der Waals surface area contributed by atoms with Gasteiger partial charge in [0.25, 0.3) is 0 Å². The number of benzene rings is 1. The Morgan fingerprint density at radius 3 is 2.47 bits per heavy atom. The van der Waals surface area contributed by atoms with Crippen molar-refractivity contribution in [3.8, 4) is 0 Å². The van der Waals surface area contributed by atoms with Crippen LogP contribution in [-0.4, -0.2) is 4.98 Å². The second-order valence-corrected chi connectivity index (χ2v) is 5.57. The predicted octanol–water partition coefficient (Wildman–Crippen LogP) is 4.49. The average Bonchev–Trinajstić information content (AvgIpc) is 2.35. The highest BCUT2D eigenvalue weighted by molar-refractivity contribution is 9.10. The molecule has 0 amide bonds. The summed E-state index contributed by atoms with van der Waals surface area (Å²) in [6, 6.07) is 7.49. The molecule has 0 spiro atoms. The van der Waals surface area contributed by atoms with E-state index >= 15 is 0 Å². The first-order valence-electron chi connectivity index (χ1n) is 5.37. The van der Waals surface area contributed by atoms with Crippen LogP contribution >= 0.6 is 39.1 Å². The largest absolute Gasteiger partial charge is 0.338 e. The number of nitrogens with one attached hydrogen (secondary N) is 2. The Hall–Kier alpha value is -1.01. The Morgan fingerprint density at radius 2 is 1.84 bits per heavy atom. The highest BCUT2D eigenvalue weighted by atomic mass is 79.9. The highest BCUT2D eigenvalue weighted by Crippen LogP contribution is 2.33. The molecule has 2 aromatic rings. The van der Waals surface area contributed by atoms with Crippen molar-refractivity contribution in [3.63, 3.8) is 0 Å². The molecule has 1 aromatic carbocycles. The molecule has 1 aromatic heterocycles. The van der Waals surface area contributed by atoms with Crippen molar-refractivity contribution in [2.75, 3.05) is 10.7 Å². The molecule has 0 unspecified atom stereocenters. The van der Waals surface area contributed by atoms with Crippen LogP contribution in [0.5, 0.6) is 0 Å². The van der Waals surface area contributed by atoms with Crippen molar-refractivity contribution < 1.29 is 0 Å². The lowest BCUT2D eigenvalue weighted by Gasteiger charge is -2.12. The summed E-state index contributed by atoms with van der Waals surface area (Å²) in [6.45, 7) is 2.01. The van der Waals surface area contributed by atoms with Gasteiger partial charge in [0.05, 0.1) is 15.7 Å². The van der Waals surface area contributed by atoms with Crippen molar-refractivity contribution in [1.29, 1.82) is 0 Å². The summed E-state index contributed by atoms with van der Waals surface area (Å²) in [5.74, 6) is 6.17. The molecule has 19 heavy (non-hydrogen) atoms. The van der Waals surface area contributed by atoms with Gasteiger partial charge >= 0.3 is 0 Å². The standard InChI is InChI=1S/C12H11BrCl2N4/c1-6-2-3-10(7(13)4-6)17-11-8(14)5-9(15)12(18-11)19-16/h2-5H,16H2,1H3,(H2,17,18,19). The maximum absolute atomic E-state index is 6.10. The number of nitrogens with zero attached hydrogens (tertiary/aromatic N) is 1. The first kappa shape index (κ1) is 14.4. The van der Waals surface area contributed by atoms with Gasteiger partial charge in [0, 0.05) is 4.47 Å². The molecule has 2 rings (SSSR count). The Morgan fingerprint density at radius 1 is 1.16 bits per heavy atom. The Labute approximate surface area is 129 Å². The van der Waals surface area contributed by atoms with E-state index in [0.717, 1.165) is 15.7 Å². The smallest absolute Gasteiger partial charge is 0.161 e. The molecule has 0 bridgehead atoms. The molecule has 0 atom stereocenters. The van der Waals surface area contributed by atoms with E-state index in [1.807, 2.05) is 25.1 Å². The lowest BCUT2D eigenvalue weighted by Crippen LogP contribution is -2.10. The summed E-state index contributed by atoms with van der Waals surface area (Å²) >= 11 is 15.5. The summed E-state index contributed by atoms with van der Waals surface area (Å²) in [6.07, 6.45) is 0. The quantitative estimate of drug-likeness (QED) is 0.556. The molecular formula is C12H11BrCl2N4. The van der Waals surface area contributed by atoms with Gasteiger partial charge in [0.15, 0.2) is 11.6 Å². The van der Waals surface area contributed by atoms with Crippen LogP contribution in [0.2, 0.25) is 10.0 Å². The van der Waals surface area contributed by atoms with Crippen LogP contribution in [0, 0.1) is 6.92 Å². The normalized spacial score (nSPS) is 10.4. The number of aryl methyl sites for hydroxylation is 1. The molecule has 0 aliphatic heterocycles. The van der Waals surface area contributed by atoms with Gasteiger partial charge in [0.2, 0.25) is 0 Å². The molecule has 0 aliphatic rings. The number of aromatic nitrogens is 1. The molecule has 7 heteroatoms. The number of hydrogen-bond acceptors (Lipinski definition) is 4. The zero-order valence-electron chi connectivity index (χ0n) is 9.97. The zero-order chi connectivity index (χ0) is 14.0. The minimum Gasteiger partial charge on any atom is -0.338 e. The fourth-order valence-electron chi connectivity index (χ4n) is 1.50. The number of hydrogen-bond donors (Lipinski definition) is 3. The molecule has 4 N–H and O–H groups in total. The van der Waals surface area contributed by atoms with Crippen LogP contribution in [0.25, 0.3) is 0 Å². The SMILES string of the molecule is Cc1ccc(Nc2nc(NN)c(Cl)cc2Cl)c(Br)c1. The van der Waals surface area contributed by atoms with E-state index in [0.29, 0.717) is 21.7 Å². The van der Waals surface area contributed by atoms with E-state index in [9.17, 15) is 0 Å². The molecule has 1 heterocycles. The van der Waals surface area contributed by atoms with Crippen LogP contribution in [0.3, 0.4) is 0 Å². The van der Waals surface area contributed by atoms with E-state index in [1.165, 1.54) is 0 Å². The van der Waals surface area contributed by atoms with Gasteiger partial charge in [-0.3, -0.25) is 0 Å². The third-order valence-electron chi connectivity index (χ3n) is 2.44. The number of nitrogens with two attached hydrogens (primary N) is 1. The lowest BCUT2D eigenvalue weighted by molar-refractivity contribution is 1.22. The summed E-state index contributed by atoms with van der Waals surface area (Å²) in [5, 5.41) is 3.90. The van der Waals surface area contributed by atoms with Crippen LogP contribution in [0.1, 0.15) is 5.56 Å². The van der Waals surface area contributed by atoms with E-state index in [4.69, 9.17) is 29.0 Å². The second kappa shape index (κ2) is 5.96. The summed E-state index contributed by atoms with van der Waals surface area (Å²) in [4.78, 5) is 4.22. The topological polar surface area (TPSA) is 63.0 Å². The molecule has 0 fully saturated rings. The fraction of sp³-hybridized carbons (Fsp3) is 0.0833. The van der Waals surface area contributed by atoms with Crippen LogP contribution in [0.4, 0.5) is 17.3 Å².